The van der Waals surface area contributed by atoms with Gasteiger partial charge in [0.2, 0.25) is 11.9 Å². The second kappa shape index (κ2) is 8.23. The largest absolute Gasteiger partial charge is 0.436 e. The van der Waals surface area contributed by atoms with Crippen molar-refractivity contribution in [2.75, 3.05) is 41.8 Å². The number of carbonyl (C=O) groups excluding carboxylic acids is 1. The number of ether oxygens (including phenoxy) is 2. The Morgan fingerprint density at radius 2 is 1.92 bits per heavy atom. The normalized spacial score (nSPS) is 21.2. The molecular formula is C21H19F3N8O3S. The fourth-order valence-electron chi connectivity index (χ4n) is 4.52. The van der Waals surface area contributed by atoms with Gasteiger partial charge in [0.05, 0.1) is 24.4 Å². The van der Waals surface area contributed by atoms with Crippen molar-refractivity contribution in [3.63, 3.8) is 0 Å². The third-order valence-electron chi connectivity index (χ3n) is 6.35. The molecule has 3 aromatic rings. The number of alkyl halides is 3. The molecule has 0 radical (unpaired) electrons. The Bertz CT molecular complexity index is 1310. The van der Waals surface area contributed by atoms with E-state index >= 15 is 0 Å². The number of thiazole rings is 1. The van der Waals surface area contributed by atoms with Gasteiger partial charge in [-0.25, -0.2) is 24.7 Å². The molecule has 1 aliphatic carbocycles. The molecule has 3 aromatic heterocycles. The molecule has 1 spiro atoms. The lowest BCUT2D eigenvalue weighted by Crippen LogP contribution is -2.39. The number of nitrogens with two attached hydrogens (primary N) is 1. The molecule has 11 nitrogen and oxygen atoms in total. The van der Waals surface area contributed by atoms with Gasteiger partial charge in [-0.3, -0.25) is 4.90 Å². The molecule has 188 valence electrons. The topological polar surface area (TPSA) is 132 Å². The number of cyclic esters (lactones) is 1. The summed E-state index contributed by atoms with van der Waals surface area (Å²) >= 11 is 1.37. The molecule has 2 saturated heterocycles. The van der Waals surface area contributed by atoms with Gasteiger partial charge in [-0.1, -0.05) is 0 Å². The Morgan fingerprint density at radius 3 is 2.58 bits per heavy atom. The summed E-state index contributed by atoms with van der Waals surface area (Å²) < 4.78 is 52.7. The summed E-state index contributed by atoms with van der Waals surface area (Å²) in [6, 6.07) is 1.33. The van der Waals surface area contributed by atoms with Crippen molar-refractivity contribution in [2.24, 2.45) is 0 Å². The summed E-state index contributed by atoms with van der Waals surface area (Å²) in [5, 5.41) is 2.44. The van der Waals surface area contributed by atoms with Crippen LogP contribution >= 0.6 is 11.3 Å². The van der Waals surface area contributed by atoms with E-state index in [-0.39, 0.29) is 23.0 Å². The van der Waals surface area contributed by atoms with Gasteiger partial charge in [-0.05, 0) is 12.8 Å². The van der Waals surface area contributed by atoms with Gasteiger partial charge in [-0.2, -0.15) is 18.2 Å². The number of morpholine rings is 1. The standard InChI is InChI=1S/C21H19F3N8O3S/c22-21(23,24)14-11(10-27-17(25)30-14)12-9-13(29-18(28-12)31-4-6-34-7-5-31)32-19(33)35-15(20(32)1-2-20)16-26-3-8-36-16/h3,8-10,15H,1-2,4-7H2,(H2,25,27,30)/t15-/m1/s1. The predicted molar refractivity (Wildman–Crippen MR) is 121 cm³/mol. The highest BCUT2D eigenvalue weighted by Crippen LogP contribution is 2.58. The number of nitrogens with zero attached hydrogens (tertiary/aromatic N) is 7. The molecule has 1 amide bonds. The van der Waals surface area contributed by atoms with Crippen molar-refractivity contribution in [3.8, 4) is 11.3 Å². The van der Waals surface area contributed by atoms with E-state index in [9.17, 15) is 18.0 Å². The molecular weight excluding hydrogens is 501 g/mol. The second-order valence-corrected chi connectivity index (χ2v) is 9.50. The van der Waals surface area contributed by atoms with Crippen LogP contribution in [0.2, 0.25) is 0 Å². The minimum absolute atomic E-state index is 0.0879. The molecule has 1 atom stereocenters. The number of aromatic nitrogens is 5. The lowest BCUT2D eigenvalue weighted by atomic mass is 10.1. The highest BCUT2D eigenvalue weighted by molar-refractivity contribution is 7.09. The predicted octanol–water partition coefficient (Wildman–Crippen LogP) is 3.06. The van der Waals surface area contributed by atoms with Crippen molar-refractivity contribution < 1.29 is 27.4 Å². The van der Waals surface area contributed by atoms with E-state index < -0.39 is 35.6 Å². The smallest absolute Gasteiger partial charge is 0.434 e. The summed E-state index contributed by atoms with van der Waals surface area (Å²) in [7, 11) is 0. The van der Waals surface area contributed by atoms with E-state index in [1.807, 2.05) is 0 Å². The number of nitrogen functional groups attached to an aromatic ring is 1. The van der Waals surface area contributed by atoms with Crippen molar-refractivity contribution in [2.45, 2.75) is 30.7 Å². The van der Waals surface area contributed by atoms with Crippen LogP contribution in [-0.4, -0.2) is 62.9 Å². The van der Waals surface area contributed by atoms with Crippen molar-refractivity contribution in [1.29, 1.82) is 0 Å². The monoisotopic (exact) mass is 520 g/mol. The van der Waals surface area contributed by atoms with E-state index in [0.717, 1.165) is 6.20 Å². The lowest BCUT2D eigenvalue weighted by molar-refractivity contribution is -0.140. The van der Waals surface area contributed by atoms with Crippen LogP contribution < -0.4 is 15.5 Å². The van der Waals surface area contributed by atoms with E-state index in [2.05, 4.69) is 24.9 Å². The highest BCUT2D eigenvalue weighted by atomic mass is 32.1. The van der Waals surface area contributed by atoms with Crippen molar-refractivity contribution >= 4 is 35.1 Å². The number of halogens is 3. The van der Waals surface area contributed by atoms with E-state index in [1.54, 1.807) is 16.5 Å². The molecule has 0 bridgehead atoms. The Morgan fingerprint density at radius 1 is 1.14 bits per heavy atom. The first kappa shape index (κ1) is 22.8. The summed E-state index contributed by atoms with van der Waals surface area (Å²) in [5.41, 5.74) is 3.05. The second-order valence-electron chi connectivity index (χ2n) is 8.57. The van der Waals surface area contributed by atoms with Crippen LogP contribution in [0.3, 0.4) is 0 Å². The van der Waals surface area contributed by atoms with E-state index in [0.29, 0.717) is 44.2 Å². The van der Waals surface area contributed by atoms with Gasteiger partial charge in [0, 0.05) is 42.5 Å². The first-order valence-corrected chi connectivity index (χ1v) is 12.0. The molecule has 2 aliphatic heterocycles. The average Bonchev–Trinajstić information content (AvgIpc) is 3.33. The molecule has 3 fully saturated rings. The first-order valence-electron chi connectivity index (χ1n) is 11.1. The number of hydrogen-bond acceptors (Lipinski definition) is 11. The zero-order chi connectivity index (χ0) is 25.1. The summed E-state index contributed by atoms with van der Waals surface area (Å²) in [6.45, 7) is 1.68. The van der Waals surface area contributed by atoms with Crippen LogP contribution in [-0.2, 0) is 15.7 Å². The molecule has 1 saturated carbocycles. The summed E-state index contributed by atoms with van der Waals surface area (Å²) in [5.74, 6) is -0.217. The van der Waals surface area contributed by atoms with Crippen molar-refractivity contribution in [3.05, 3.63) is 34.5 Å². The van der Waals surface area contributed by atoms with Crippen LogP contribution in [0, 0.1) is 0 Å². The van der Waals surface area contributed by atoms with Crippen LogP contribution in [0.1, 0.15) is 29.6 Å². The summed E-state index contributed by atoms with van der Waals surface area (Å²) in [4.78, 5) is 36.8. The minimum atomic E-state index is -4.81. The molecule has 5 heterocycles. The highest BCUT2D eigenvalue weighted by Gasteiger charge is 2.65. The van der Waals surface area contributed by atoms with E-state index in [1.165, 1.54) is 22.3 Å². The first-order chi connectivity index (χ1) is 17.3. The van der Waals surface area contributed by atoms with Gasteiger partial charge in [-0.15, -0.1) is 11.3 Å². The molecule has 6 rings (SSSR count). The Hall–Kier alpha value is -3.59. The average molecular weight is 520 g/mol. The van der Waals surface area contributed by atoms with Crippen LogP contribution in [0.4, 0.5) is 35.7 Å². The van der Waals surface area contributed by atoms with Gasteiger partial charge in [0.1, 0.15) is 10.8 Å². The Labute approximate surface area is 206 Å². The van der Waals surface area contributed by atoms with Gasteiger partial charge in [0.25, 0.3) is 0 Å². The molecule has 3 aliphatic rings. The van der Waals surface area contributed by atoms with Gasteiger partial charge >= 0.3 is 12.3 Å². The molecule has 36 heavy (non-hydrogen) atoms. The van der Waals surface area contributed by atoms with Crippen LogP contribution in [0.5, 0.6) is 0 Å². The quantitative estimate of drug-likeness (QED) is 0.547. The molecule has 0 aromatic carbocycles. The van der Waals surface area contributed by atoms with Gasteiger partial charge < -0.3 is 20.1 Å². The number of hydrogen-bond donors (Lipinski definition) is 1. The number of anilines is 3. The maximum absolute atomic E-state index is 13.9. The van der Waals surface area contributed by atoms with Crippen LogP contribution in [0.15, 0.2) is 23.8 Å². The fourth-order valence-corrected chi connectivity index (χ4v) is 5.29. The van der Waals surface area contributed by atoms with E-state index in [4.69, 9.17) is 15.2 Å². The Kier molecular flexibility index (Phi) is 5.22. The SMILES string of the molecule is Nc1ncc(-c2cc(N3C(=O)O[C@H](c4nccs4)C34CC4)nc(N3CCOCC3)n2)c(C(F)(F)F)n1. The molecule has 0 unspecified atom stereocenters. The zero-order valence-corrected chi connectivity index (χ0v) is 19.4. The van der Waals surface area contributed by atoms with Gasteiger partial charge in [0.15, 0.2) is 11.8 Å². The van der Waals surface area contributed by atoms with Crippen molar-refractivity contribution in [1.82, 2.24) is 24.9 Å². The maximum atomic E-state index is 13.9. The lowest BCUT2D eigenvalue weighted by Gasteiger charge is -2.29. The fraction of sp³-hybridized carbons (Fsp3) is 0.429. The Balaban J connectivity index is 1.49. The maximum Gasteiger partial charge on any atom is 0.434 e. The minimum Gasteiger partial charge on any atom is -0.436 e. The number of amides is 1. The zero-order valence-electron chi connectivity index (χ0n) is 18.6. The number of rotatable bonds is 4. The van der Waals surface area contributed by atoms with Crippen LogP contribution in [0.25, 0.3) is 11.3 Å². The third-order valence-corrected chi connectivity index (χ3v) is 7.17. The molecule has 15 heteroatoms. The molecule has 2 N–H and O–H groups in total. The summed E-state index contributed by atoms with van der Waals surface area (Å²) in [6.07, 6.45) is -2.17. The third kappa shape index (κ3) is 3.78. The number of carbonyl (C=O) groups is 1.